The van der Waals surface area contributed by atoms with E-state index in [1.807, 2.05) is 11.3 Å². The molecule has 0 amide bonds. The molecule has 0 N–H and O–H groups in total. The molecule has 0 bridgehead atoms. The third kappa shape index (κ3) is 3.03. The molecule has 2 aromatic heterocycles. The van der Waals surface area contributed by atoms with Crippen molar-refractivity contribution in [1.29, 1.82) is 0 Å². The Balaban J connectivity index is 1.42. The molecule has 0 saturated carbocycles. The molecule has 0 spiro atoms. The number of rotatable bonds is 2. The topological polar surface area (TPSA) is 13.1 Å². The molecule has 40 heavy (non-hydrogen) atoms. The Bertz CT molecular complexity index is 2380. The second kappa shape index (κ2) is 8.29. The second-order valence-corrected chi connectivity index (χ2v) is 11.5. The van der Waals surface area contributed by atoms with Crippen molar-refractivity contribution in [2.45, 2.75) is 0 Å². The molecule has 2 heteroatoms. The highest BCUT2D eigenvalue weighted by Gasteiger charge is 2.21. The summed E-state index contributed by atoms with van der Waals surface area (Å²) in [7, 11) is 0. The van der Waals surface area contributed by atoms with Gasteiger partial charge in [-0.25, -0.2) is 0 Å². The molecule has 0 atom stereocenters. The molecule has 9 aromatic rings. The zero-order valence-corrected chi connectivity index (χ0v) is 22.3. The van der Waals surface area contributed by atoms with E-state index in [0.717, 1.165) is 16.9 Å². The summed E-state index contributed by atoms with van der Waals surface area (Å²) >= 11 is 1.85. The van der Waals surface area contributed by atoms with Crippen LogP contribution in [0.15, 0.2) is 138 Å². The Kier molecular flexibility index (Phi) is 4.55. The molecule has 186 valence electrons. The number of benzene rings is 7. The summed E-state index contributed by atoms with van der Waals surface area (Å²) in [4.78, 5) is 0. The van der Waals surface area contributed by atoms with Crippen LogP contribution in [0.1, 0.15) is 0 Å². The van der Waals surface area contributed by atoms with Crippen LogP contribution >= 0.6 is 11.3 Å². The van der Waals surface area contributed by atoms with Crippen LogP contribution < -0.4 is 0 Å². The fourth-order valence-corrected chi connectivity index (χ4v) is 7.71. The zero-order valence-electron chi connectivity index (χ0n) is 21.5. The molecule has 0 aliphatic rings. The number of hydrogen-bond donors (Lipinski definition) is 0. The van der Waals surface area contributed by atoms with Gasteiger partial charge in [0.25, 0.3) is 0 Å². The minimum atomic E-state index is 0.912. The number of hydrogen-bond acceptors (Lipinski definition) is 2. The molecular weight excluding hydrogens is 504 g/mol. The van der Waals surface area contributed by atoms with Crippen LogP contribution in [0.5, 0.6) is 0 Å². The zero-order chi connectivity index (χ0) is 26.2. The second-order valence-electron chi connectivity index (χ2n) is 10.4. The number of fused-ring (bicyclic) bond motifs is 8. The minimum absolute atomic E-state index is 0.912. The van der Waals surface area contributed by atoms with E-state index in [0.29, 0.717) is 0 Å². The normalized spacial score (nSPS) is 12.0. The Morgan fingerprint density at radius 1 is 0.425 bits per heavy atom. The van der Waals surface area contributed by atoms with Gasteiger partial charge >= 0.3 is 0 Å². The average Bonchev–Trinajstić information content (AvgIpc) is 3.61. The smallest absolute Gasteiger partial charge is 0.136 e. The van der Waals surface area contributed by atoms with Gasteiger partial charge in [-0.3, -0.25) is 0 Å². The van der Waals surface area contributed by atoms with Crippen molar-refractivity contribution in [2.24, 2.45) is 0 Å². The first-order chi connectivity index (χ1) is 19.8. The lowest BCUT2D eigenvalue weighted by atomic mass is 9.86. The molecule has 0 aliphatic carbocycles. The van der Waals surface area contributed by atoms with E-state index in [9.17, 15) is 0 Å². The van der Waals surface area contributed by atoms with Crippen LogP contribution in [-0.2, 0) is 0 Å². The molecule has 1 nitrogen and oxygen atoms in total. The summed E-state index contributed by atoms with van der Waals surface area (Å²) in [6.45, 7) is 0. The summed E-state index contributed by atoms with van der Waals surface area (Å²) in [6, 6.07) is 48.2. The van der Waals surface area contributed by atoms with E-state index in [1.165, 1.54) is 69.0 Å². The van der Waals surface area contributed by atoms with Gasteiger partial charge in [-0.05, 0) is 67.7 Å². The van der Waals surface area contributed by atoms with Gasteiger partial charge in [0.15, 0.2) is 0 Å². The van der Waals surface area contributed by atoms with Gasteiger partial charge < -0.3 is 4.42 Å². The summed E-state index contributed by atoms with van der Waals surface area (Å²) < 4.78 is 9.32. The van der Waals surface area contributed by atoms with E-state index in [2.05, 4.69) is 133 Å². The van der Waals surface area contributed by atoms with Gasteiger partial charge in [-0.15, -0.1) is 11.3 Å². The highest BCUT2D eigenvalue weighted by molar-refractivity contribution is 7.26. The standard InChI is InChI=1S/C38H22OS/c1-2-12-24-23(10-1)11-9-18-25(24)36-26-13-3-5-15-28(26)37(29-16-6-4-14-27(29)36)33-22-31-32(39-33)20-21-35-38(31)30-17-7-8-19-34(30)40-35/h1-22H. The van der Waals surface area contributed by atoms with Crippen LogP contribution in [-0.4, -0.2) is 0 Å². The summed E-state index contributed by atoms with van der Waals surface area (Å²) in [6.07, 6.45) is 0. The van der Waals surface area contributed by atoms with Crippen LogP contribution in [0.3, 0.4) is 0 Å². The monoisotopic (exact) mass is 526 g/mol. The Hall–Kier alpha value is -4.92. The lowest BCUT2D eigenvalue weighted by Gasteiger charge is -2.17. The van der Waals surface area contributed by atoms with Crippen molar-refractivity contribution in [3.8, 4) is 22.5 Å². The van der Waals surface area contributed by atoms with Gasteiger partial charge in [-0.1, -0.05) is 109 Å². The van der Waals surface area contributed by atoms with Crippen molar-refractivity contribution in [1.82, 2.24) is 0 Å². The average molecular weight is 527 g/mol. The lowest BCUT2D eigenvalue weighted by molar-refractivity contribution is 0.633. The van der Waals surface area contributed by atoms with Crippen molar-refractivity contribution in [2.75, 3.05) is 0 Å². The maximum atomic E-state index is 6.72. The Morgan fingerprint density at radius 3 is 1.77 bits per heavy atom. The predicted octanol–water partition coefficient (Wildman–Crippen LogP) is 11.6. The van der Waals surface area contributed by atoms with Gasteiger partial charge in [-0.2, -0.15) is 0 Å². The summed E-state index contributed by atoms with van der Waals surface area (Å²) in [5, 5.41) is 11.2. The fraction of sp³-hybridized carbons (Fsp3) is 0. The Labute approximate surface area is 234 Å². The highest BCUT2D eigenvalue weighted by Crippen LogP contribution is 2.47. The van der Waals surface area contributed by atoms with Crippen molar-refractivity contribution < 1.29 is 4.42 Å². The van der Waals surface area contributed by atoms with E-state index in [4.69, 9.17) is 4.42 Å². The van der Waals surface area contributed by atoms with Gasteiger partial charge in [0, 0.05) is 31.1 Å². The first-order valence-electron chi connectivity index (χ1n) is 13.6. The number of furan rings is 1. The van der Waals surface area contributed by atoms with Gasteiger partial charge in [0.1, 0.15) is 11.3 Å². The SMILES string of the molecule is c1ccc2c(-c3c4ccccc4c(-c4cc5c(ccc6sc7ccccc7c65)o4)c4ccccc34)cccc2c1. The number of thiophene rings is 1. The Morgan fingerprint density at radius 2 is 1.02 bits per heavy atom. The summed E-state index contributed by atoms with van der Waals surface area (Å²) in [5.41, 5.74) is 4.61. The minimum Gasteiger partial charge on any atom is -0.456 e. The van der Waals surface area contributed by atoms with Crippen LogP contribution in [0.25, 0.3) is 85.9 Å². The predicted molar refractivity (Wildman–Crippen MR) is 172 cm³/mol. The third-order valence-electron chi connectivity index (χ3n) is 8.28. The lowest BCUT2D eigenvalue weighted by Crippen LogP contribution is -1.90. The van der Waals surface area contributed by atoms with E-state index in [-0.39, 0.29) is 0 Å². The van der Waals surface area contributed by atoms with Gasteiger partial charge in [0.2, 0.25) is 0 Å². The van der Waals surface area contributed by atoms with Crippen LogP contribution in [0.2, 0.25) is 0 Å². The maximum absolute atomic E-state index is 6.72. The van der Waals surface area contributed by atoms with Crippen molar-refractivity contribution >= 4 is 74.8 Å². The first-order valence-corrected chi connectivity index (χ1v) is 14.4. The van der Waals surface area contributed by atoms with E-state index in [1.54, 1.807) is 0 Å². The molecule has 9 rings (SSSR count). The third-order valence-corrected chi connectivity index (χ3v) is 9.41. The molecule has 7 aromatic carbocycles. The quantitative estimate of drug-likeness (QED) is 0.204. The van der Waals surface area contributed by atoms with E-state index >= 15 is 0 Å². The molecular formula is C38H22OS. The van der Waals surface area contributed by atoms with E-state index < -0.39 is 0 Å². The van der Waals surface area contributed by atoms with Crippen LogP contribution in [0, 0.1) is 0 Å². The maximum Gasteiger partial charge on any atom is 0.136 e. The fourth-order valence-electron chi connectivity index (χ4n) is 6.59. The molecule has 0 radical (unpaired) electrons. The molecule has 0 fully saturated rings. The summed E-state index contributed by atoms with van der Waals surface area (Å²) in [5.74, 6) is 0.912. The largest absolute Gasteiger partial charge is 0.456 e. The first kappa shape index (κ1) is 22.0. The molecule has 0 unspecified atom stereocenters. The van der Waals surface area contributed by atoms with Crippen molar-refractivity contribution in [3.63, 3.8) is 0 Å². The molecule has 0 aliphatic heterocycles. The molecule has 2 heterocycles. The van der Waals surface area contributed by atoms with Gasteiger partial charge in [0.05, 0.1) is 0 Å². The molecule has 0 saturated heterocycles. The highest BCUT2D eigenvalue weighted by atomic mass is 32.1. The van der Waals surface area contributed by atoms with Crippen molar-refractivity contribution in [3.05, 3.63) is 133 Å². The van der Waals surface area contributed by atoms with Crippen LogP contribution in [0.4, 0.5) is 0 Å².